The fourth-order valence-corrected chi connectivity index (χ4v) is 1.83. The van der Waals surface area contributed by atoms with Gasteiger partial charge in [-0.1, -0.05) is 38.2 Å². The van der Waals surface area contributed by atoms with Gasteiger partial charge < -0.3 is 0 Å². The highest BCUT2D eigenvalue weighted by Gasteiger charge is 2.17. The molecular weight excluding hydrogens is 186 g/mol. The molecule has 1 aliphatic rings. The van der Waals surface area contributed by atoms with E-state index < -0.39 is 10.0 Å². The SMILES string of the molecule is CC1(C)C=CC=CC(S(N)(=O)=O)=C1. The molecule has 1 rings (SSSR count). The quantitative estimate of drug-likeness (QED) is 0.692. The molecule has 0 saturated heterocycles. The fourth-order valence-electron chi connectivity index (χ4n) is 1.09. The zero-order valence-electron chi connectivity index (χ0n) is 7.69. The minimum Gasteiger partial charge on any atom is -0.225 e. The molecule has 0 spiro atoms. The molecule has 0 fully saturated rings. The number of hydrogen-bond donors (Lipinski definition) is 1. The van der Waals surface area contributed by atoms with Gasteiger partial charge in [0.1, 0.15) is 0 Å². The third-order valence-electron chi connectivity index (χ3n) is 1.74. The predicted octanol–water partition coefficient (Wildman–Crippen LogP) is 1.31. The van der Waals surface area contributed by atoms with Gasteiger partial charge >= 0.3 is 0 Å². The molecule has 0 aromatic heterocycles. The Kier molecular flexibility index (Phi) is 2.45. The second-order valence-electron chi connectivity index (χ2n) is 3.63. The summed E-state index contributed by atoms with van der Waals surface area (Å²) in [5.74, 6) is 0. The Morgan fingerprint density at radius 2 is 1.92 bits per heavy atom. The summed E-state index contributed by atoms with van der Waals surface area (Å²) in [6, 6.07) is 0. The summed E-state index contributed by atoms with van der Waals surface area (Å²) in [4.78, 5) is 0.169. The summed E-state index contributed by atoms with van der Waals surface area (Å²) < 4.78 is 22.1. The maximum Gasteiger partial charge on any atom is 0.237 e. The van der Waals surface area contributed by atoms with E-state index in [4.69, 9.17) is 5.14 Å². The lowest BCUT2D eigenvalue weighted by Gasteiger charge is -2.14. The Morgan fingerprint density at radius 1 is 1.31 bits per heavy atom. The van der Waals surface area contributed by atoms with E-state index in [0.717, 1.165) is 0 Å². The van der Waals surface area contributed by atoms with E-state index in [1.165, 1.54) is 6.08 Å². The van der Waals surface area contributed by atoms with Crippen molar-refractivity contribution in [2.24, 2.45) is 10.6 Å². The predicted molar refractivity (Wildman–Crippen MR) is 53.3 cm³/mol. The topological polar surface area (TPSA) is 60.2 Å². The molecule has 0 radical (unpaired) electrons. The molecule has 0 aromatic carbocycles. The number of hydrogen-bond acceptors (Lipinski definition) is 2. The van der Waals surface area contributed by atoms with Crippen LogP contribution in [0, 0.1) is 5.41 Å². The van der Waals surface area contributed by atoms with Crippen LogP contribution in [0.3, 0.4) is 0 Å². The van der Waals surface area contributed by atoms with Gasteiger partial charge in [0.2, 0.25) is 10.0 Å². The summed E-state index contributed by atoms with van der Waals surface area (Å²) in [5, 5.41) is 5.03. The van der Waals surface area contributed by atoms with Crippen LogP contribution >= 0.6 is 0 Å². The van der Waals surface area contributed by atoms with Crippen molar-refractivity contribution in [3.63, 3.8) is 0 Å². The fraction of sp³-hybridized carbons (Fsp3) is 0.333. The Morgan fingerprint density at radius 3 is 2.46 bits per heavy atom. The molecule has 4 heteroatoms. The van der Waals surface area contributed by atoms with Crippen molar-refractivity contribution in [3.05, 3.63) is 35.3 Å². The van der Waals surface area contributed by atoms with Gasteiger partial charge in [-0.2, -0.15) is 0 Å². The van der Waals surface area contributed by atoms with Crippen molar-refractivity contribution in [1.29, 1.82) is 0 Å². The van der Waals surface area contributed by atoms with E-state index >= 15 is 0 Å². The van der Waals surface area contributed by atoms with Gasteiger partial charge in [0.25, 0.3) is 0 Å². The minimum atomic E-state index is -3.59. The molecule has 0 aromatic rings. The van der Waals surface area contributed by atoms with Crippen LogP contribution in [0.2, 0.25) is 0 Å². The summed E-state index contributed by atoms with van der Waals surface area (Å²) in [6.07, 6.45) is 8.55. The first-order chi connectivity index (χ1) is 5.81. The molecule has 0 atom stereocenters. The first kappa shape index (κ1) is 10.2. The van der Waals surface area contributed by atoms with Crippen LogP contribution in [0.1, 0.15) is 13.8 Å². The van der Waals surface area contributed by atoms with Crippen LogP contribution in [0.4, 0.5) is 0 Å². The van der Waals surface area contributed by atoms with Crippen LogP contribution in [0.25, 0.3) is 0 Å². The number of rotatable bonds is 1. The van der Waals surface area contributed by atoms with Gasteiger partial charge in [0.05, 0.1) is 4.91 Å². The molecule has 72 valence electrons. The van der Waals surface area contributed by atoms with Crippen LogP contribution in [-0.2, 0) is 10.0 Å². The molecule has 1 aliphatic carbocycles. The summed E-state index contributed by atoms with van der Waals surface area (Å²) in [6.45, 7) is 3.84. The van der Waals surface area contributed by atoms with E-state index in [0.29, 0.717) is 0 Å². The zero-order valence-corrected chi connectivity index (χ0v) is 8.51. The molecule has 0 amide bonds. The molecule has 0 bridgehead atoms. The Hall–Kier alpha value is -0.870. The Labute approximate surface area is 78.7 Å². The molecule has 2 N–H and O–H groups in total. The maximum atomic E-state index is 11.1. The van der Waals surface area contributed by atoms with Crippen LogP contribution in [-0.4, -0.2) is 8.42 Å². The molecule has 0 aliphatic heterocycles. The first-order valence-electron chi connectivity index (χ1n) is 3.93. The lowest BCUT2D eigenvalue weighted by atomic mass is 9.93. The molecular formula is C9H13NO2S. The standard InChI is InChI=1S/C9H13NO2S/c1-9(2)6-4-3-5-8(7-9)13(10,11)12/h3-7H,1-2H3,(H2,10,11,12). The molecule has 0 unspecified atom stereocenters. The van der Waals surface area contributed by atoms with Crippen molar-refractivity contribution >= 4 is 10.0 Å². The summed E-state index contributed by atoms with van der Waals surface area (Å²) >= 11 is 0. The average Bonchev–Trinajstić information content (AvgIpc) is 2.08. The van der Waals surface area contributed by atoms with Gasteiger partial charge in [0, 0.05) is 5.41 Å². The second-order valence-corrected chi connectivity index (χ2v) is 5.19. The van der Waals surface area contributed by atoms with Crippen molar-refractivity contribution in [2.75, 3.05) is 0 Å². The molecule has 3 nitrogen and oxygen atoms in total. The molecule has 0 saturated carbocycles. The van der Waals surface area contributed by atoms with Crippen LogP contribution in [0.15, 0.2) is 35.3 Å². The zero-order chi connectivity index (χ0) is 10.1. The number of primary sulfonamides is 1. The highest BCUT2D eigenvalue weighted by molar-refractivity contribution is 7.93. The lowest BCUT2D eigenvalue weighted by Crippen LogP contribution is -2.15. The lowest BCUT2D eigenvalue weighted by molar-refractivity contribution is 0.598. The Balaban J connectivity index is 3.21. The summed E-state index contributed by atoms with van der Waals surface area (Å²) in [7, 11) is -3.59. The Bertz CT molecular complexity index is 386. The van der Waals surface area contributed by atoms with Crippen LogP contribution in [0.5, 0.6) is 0 Å². The van der Waals surface area contributed by atoms with Crippen molar-refractivity contribution in [1.82, 2.24) is 0 Å². The van der Waals surface area contributed by atoms with E-state index in [1.807, 2.05) is 26.0 Å². The normalized spacial score (nSPS) is 21.0. The molecule has 13 heavy (non-hydrogen) atoms. The van der Waals surface area contributed by atoms with Crippen molar-refractivity contribution in [3.8, 4) is 0 Å². The number of allylic oxidation sites excluding steroid dienone is 5. The van der Waals surface area contributed by atoms with E-state index in [1.54, 1.807) is 12.2 Å². The van der Waals surface area contributed by atoms with Crippen LogP contribution < -0.4 is 5.14 Å². The highest BCUT2D eigenvalue weighted by Crippen LogP contribution is 2.25. The first-order valence-corrected chi connectivity index (χ1v) is 5.47. The summed E-state index contributed by atoms with van der Waals surface area (Å²) in [5.41, 5.74) is -0.273. The van der Waals surface area contributed by atoms with Gasteiger partial charge in [-0.15, -0.1) is 0 Å². The maximum absolute atomic E-state index is 11.1. The van der Waals surface area contributed by atoms with E-state index in [2.05, 4.69) is 0 Å². The number of nitrogens with two attached hydrogens (primary N) is 1. The third kappa shape index (κ3) is 2.82. The minimum absolute atomic E-state index is 0.169. The van der Waals surface area contributed by atoms with E-state index in [9.17, 15) is 8.42 Å². The van der Waals surface area contributed by atoms with Gasteiger partial charge in [-0.25, -0.2) is 13.6 Å². The van der Waals surface area contributed by atoms with E-state index in [-0.39, 0.29) is 10.3 Å². The average molecular weight is 199 g/mol. The highest BCUT2D eigenvalue weighted by atomic mass is 32.2. The van der Waals surface area contributed by atoms with Crippen molar-refractivity contribution < 1.29 is 8.42 Å². The van der Waals surface area contributed by atoms with Gasteiger partial charge in [-0.3, -0.25) is 0 Å². The third-order valence-corrected chi connectivity index (χ3v) is 2.65. The van der Waals surface area contributed by atoms with Gasteiger partial charge in [-0.05, 0) is 6.08 Å². The monoisotopic (exact) mass is 199 g/mol. The van der Waals surface area contributed by atoms with Gasteiger partial charge in [0.15, 0.2) is 0 Å². The smallest absolute Gasteiger partial charge is 0.225 e. The molecule has 0 heterocycles. The second kappa shape index (κ2) is 3.12. The number of sulfonamides is 1. The largest absolute Gasteiger partial charge is 0.237 e. The van der Waals surface area contributed by atoms with Crippen molar-refractivity contribution in [2.45, 2.75) is 13.8 Å².